The van der Waals surface area contributed by atoms with Crippen LogP contribution in [0.25, 0.3) is 10.7 Å². The number of hydrogen-bond donors (Lipinski definition) is 1. The number of amides is 1. The van der Waals surface area contributed by atoms with Crippen LogP contribution < -0.4 is 0 Å². The molecule has 0 aliphatic carbocycles. The van der Waals surface area contributed by atoms with Crippen molar-refractivity contribution < 1.29 is 13.2 Å². The Morgan fingerprint density at radius 3 is 2.96 bits per heavy atom. The van der Waals surface area contributed by atoms with Crippen LogP contribution in [0, 0.1) is 0 Å². The number of sulfone groups is 1. The molecule has 1 aliphatic rings. The Bertz CT molecular complexity index is 848. The van der Waals surface area contributed by atoms with Gasteiger partial charge < -0.3 is 4.90 Å². The molecule has 2 aromatic heterocycles. The summed E-state index contributed by atoms with van der Waals surface area (Å²) in [5.74, 6) is 1.06. The Morgan fingerprint density at radius 2 is 2.35 bits per heavy atom. The second kappa shape index (κ2) is 8.10. The molecule has 0 spiro atoms. The van der Waals surface area contributed by atoms with Crippen molar-refractivity contribution in [2.45, 2.75) is 43.9 Å². The molecule has 3 heterocycles. The second-order valence-electron chi connectivity index (χ2n) is 6.35. The van der Waals surface area contributed by atoms with Crippen LogP contribution in [-0.2, 0) is 14.6 Å². The topological polar surface area (TPSA) is 96.0 Å². The number of thioether (sulfide) groups is 1. The van der Waals surface area contributed by atoms with E-state index in [1.54, 1.807) is 16.2 Å². The molecule has 1 aliphatic heterocycles. The van der Waals surface area contributed by atoms with Gasteiger partial charge in [0.2, 0.25) is 11.1 Å². The first-order valence-corrected chi connectivity index (χ1v) is 12.2. The molecule has 2 atom stereocenters. The molecular formula is C16H22N4O3S3. The molecule has 0 aromatic carbocycles. The smallest absolute Gasteiger partial charge is 0.233 e. The number of H-pyrrole nitrogens is 1. The monoisotopic (exact) mass is 414 g/mol. The molecule has 1 amide bonds. The van der Waals surface area contributed by atoms with Gasteiger partial charge in [-0.15, -0.1) is 16.4 Å². The van der Waals surface area contributed by atoms with Gasteiger partial charge >= 0.3 is 0 Å². The highest BCUT2D eigenvalue weighted by molar-refractivity contribution is 7.99. The summed E-state index contributed by atoms with van der Waals surface area (Å²) >= 11 is 2.84. The number of aromatic amines is 1. The third-order valence-electron chi connectivity index (χ3n) is 4.50. The van der Waals surface area contributed by atoms with E-state index in [2.05, 4.69) is 15.2 Å². The molecule has 142 valence electrons. The normalized spacial score (nSPS) is 20.2. The van der Waals surface area contributed by atoms with Gasteiger partial charge in [-0.3, -0.25) is 9.89 Å². The van der Waals surface area contributed by atoms with Crippen LogP contribution in [0.15, 0.2) is 22.7 Å². The number of carbonyl (C=O) groups is 1. The van der Waals surface area contributed by atoms with Crippen LogP contribution in [0.2, 0.25) is 0 Å². The lowest BCUT2D eigenvalue weighted by atomic mass is 10.1. The van der Waals surface area contributed by atoms with Gasteiger partial charge in [0.25, 0.3) is 0 Å². The maximum absolute atomic E-state index is 12.8. The fourth-order valence-corrected chi connectivity index (χ4v) is 6.08. The quantitative estimate of drug-likeness (QED) is 0.699. The number of hydrogen-bond acceptors (Lipinski definition) is 7. The zero-order chi connectivity index (χ0) is 18.7. The van der Waals surface area contributed by atoms with E-state index in [1.165, 1.54) is 11.8 Å². The lowest BCUT2D eigenvalue weighted by Crippen LogP contribution is -2.47. The van der Waals surface area contributed by atoms with Crippen molar-refractivity contribution in [2.24, 2.45) is 0 Å². The van der Waals surface area contributed by atoms with Crippen LogP contribution in [-0.4, -0.2) is 63.7 Å². The summed E-state index contributed by atoms with van der Waals surface area (Å²) < 4.78 is 23.6. The van der Waals surface area contributed by atoms with E-state index in [9.17, 15) is 13.2 Å². The third-order valence-corrected chi connectivity index (χ3v) is 7.96. The first kappa shape index (κ1) is 19.4. The first-order valence-electron chi connectivity index (χ1n) is 8.50. The lowest BCUT2D eigenvalue weighted by Gasteiger charge is -2.33. The largest absolute Gasteiger partial charge is 0.335 e. The first-order chi connectivity index (χ1) is 12.4. The fraction of sp³-hybridized carbons (Fsp3) is 0.562. The summed E-state index contributed by atoms with van der Waals surface area (Å²) in [6.45, 7) is 3.97. The lowest BCUT2D eigenvalue weighted by molar-refractivity contribution is -0.132. The van der Waals surface area contributed by atoms with Crippen molar-refractivity contribution in [3.63, 3.8) is 0 Å². The molecule has 0 radical (unpaired) electrons. The Labute approximate surface area is 161 Å². The number of carbonyl (C=O) groups excluding carboxylic acids is 1. The fourth-order valence-electron chi connectivity index (χ4n) is 3.04. The average Bonchev–Trinajstić information content (AvgIpc) is 3.33. The SMILES string of the molecule is CC[C@@H](C)N(C(=O)CSc1n[nH]c(-c2cccs2)n1)[C@@H]1CCS(=O)(=O)C1. The summed E-state index contributed by atoms with van der Waals surface area (Å²) in [7, 11) is -3.03. The summed E-state index contributed by atoms with van der Waals surface area (Å²) in [5.41, 5.74) is 0. The molecule has 26 heavy (non-hydrogen) atoms. The Morgan fingerprint density at radius 1 is 1.54 bits per heavy atom. The second-order valence-corrected chi connectivity index (χ2v) is 10.5. The van der Waals surface area contributed by atoms with Gasteiger partial charge in [-0.1, -0.05) is 24.8 Å². The van der Waals surface area contributed by atoms with E-state index < -0.39 is 9.84 Å². The molecule has 3 rings (SSSR count). The molecule has 0 saturated carbocycles. The minimum Gasteiger partial charge on any atom is -0.335 e. The zero-order valence-corrected chi connectivity index (χ0v) is 17.2. The van der Waals surface area contributed by atoms with Crippen LogP contribution in [0.4, 0.5) is 0 Å². The molecule has 1 fully saturated rings. The van der Waals surface area contributed by atoms with Gasteiger partial charge in [0.05, 0.1) is 22.1 Å². The van der Waals surface area contributed by atoms with Crippen LogP contribution in [0.3, 0.4) is 0 Å². The average molecular weight is 415 g/mol. The van der Waals surface area contributed by atoms with Gasteiger partial charge in [0, 0.05) is 12.1 Å². The Balaban J connectivity index is 1.64. The van der Waals surface area contributed by atoms with Crippen LogP contribution in [0.1, 0.15) is 26.7 Å². The highest BCUT2D eigenvalue weighted by Gasteiger charge is 2.36. The summed E-state index contributed by atoms with van der Waals surface area (Å²) in [5, 5.41) is 9.53. The van der Waals surface area contributed by atoms with Gasteiger partial charge in [0.15, 0.2) is 15.7 Å². The molecule has 0 bridgehead atoms. The van der Waals surface area contributed by atoms with Crippen molar-refractivity contribution in [3.8, 4) is 10.7 Å². The van der Waals surface area contributed by atoms with Crippen LogP contribution in [0.5, 0.6) is 0 Å². The predicted molar refractivity (Wildman–Crippen MR) is 104 cm³/mol. The van der Waals surface area contributed by atoms with E-state index in [4.69, 9.17) is 0 Å². The Kier molecular flexibility index (Phi) is 6.03. The number of nitrogens with one attached hydrogen (secondary N) is 1. The maximum Gasteiger partial charge on any atom is 0.233 e. The van der Waals surface area contributed by atoms with Gasteiger partial charge in [-0.2, -0.15) is 0 Å². The molecule has 7 nitrogen and oxygen atoms in total. The number of rotatable bonds is 7. The van der Waals surface area contributed by atoms with Gasteiger partial charge in [-0.05, 0) is 31.2 Å². The molecule has 1 saturated heterocycles. The van der Waals surface area contributed by atoms with Gasteiger partial charge in [-0.25, -0.2) is 13.4 Å². The van der Waals surface area contributed by atoms with E-state index >= 15 is 0 Å². The summed E-state index contributed by atoms with van der Waals surface area (Å²) in [6, 6.07) is 3.68. The van der Waals surface area contributed by atoms with Gasteiger partial charge in [0.1, 0.15) is 0 Å². The molecular weight excluding hydrogens is 392 g/mol. The minimum absolute atomic E-state index is 0.00947. The number of thiophene rings is 1. The third kappa shape index (κ3) is 4.47. The van der Waals surface area contributed by atoms with E-state index in [0.29, 0.717) is 17.4 Å². The van der Waals surface area contributed by atoms with Crippen molar-refractivity contribution in [2.75, 3.05) is 17.3 Å². The highest BCUT2D eigenvalue weighted by Crippen LogP contribution is 2.25. The summed E-state index contributed by atoms with van der Waals surface area (Å²) in [6.07, 6.45) is 1.31. The minimum atomic E-state index is -3.03. The van der Waals surface area contributed by atoms with Crippen LogP contribution >= 0.6 is 23.1 Å². The Hall–Kier alpha value is -1.39. The highest BCUT2D eigenvalue weighted by atomic mass is 32.2. The van der Waals surface area contributed by atoms with E-state index in [0.717, 1.165) is 11.3 Å². The zero-order valence-electron chi connectivity index (χ0n) is 14.7. The summed E-state index contributed by atoms with van der Waals surface area (Å²) in [4.78, 5) is 20.0. The van der Waals surface area contributed by atoms with E-state index in [1.807, 2.05) is 31.4 Å². The standard InChI is InChI=1S/C16H22N4O3S3/c1-3-11(2)20(12-6-8-26(22,23)10-12)14(21)9-25-16-17-15(18-19-16)13-5-4-7-24-13/h4-5,7,11-12H,3,6,8-10H2,1-2H3,(H,17,18,19)/t11-,12-/m1/s1. The number of aromatic nitrogens is 3. The van der Waals surface area contributed by atoms with Crippen molar-refractivity contribution >= 4 is 38.8 Å². The molecule has 2 aromatic rings. The maximum atomic E-state index is 12.8. The van der Waals surface area contributed by atoms with Crippen molar-refractivity contribution in [1.29, 1.82) is 0 Å². The molecule has 1 N–H and O–H groups in total. The number of nitrogens with zero attached hydrogens (tertiary/aromatic N) is 3. The molecule has 0 unspecified atom stereocenters. The van der Waals surface area contributed by atoms with Crippen molar-refractivity contribution in [3.05, 3.63) is 17.5 Å². The van der Waals surface area contributed by atoms with Crippen molar-refractivity contribution in [1.82, 2.24) is 20.1 Å². The van der Waals surface area contributed by atoms with E-state index in [-0.39, 0.29) is 35.2 Å². The predicted octanol–water partition coefficient (Wildman–Crippen LogP) is 2.44. The molecule has 10 heteroatoms.